The van der Waals surface area contributed by atoms with Crippen LogP contribution in [0.4, 0.5) is 0 Å². The molecule has 0 unspecified atom stereocenters. The van der Waals surface area contributed by atoms with Crippen LogP contribution in [-0.2, 0) is 4.79 Å². The van der Waals surface area contributed by atoms with Gasteiger partial charge in [-0.2, -0.15) is 0 Å². The largest absolute Gasteiger partial charge is 0.356 e. The maximum absolute atomic E-state index is 11.4. The lowest BCUT2D eigenvalue weighted by Crippen LogP contribution is -2.23. The molecule has 0 saturated carbocycles. The first-order valence-electron chi connectivity index (χ1n) is 8.17. The molecule has 2 N–H and O–H groups in total. The Morgan fingerprint density at radius 1 is 0.947 bits per heavy atom. The van der Waals surface area contributed by atoms with Crippen molar-refractivity contribution in [2.45, 2.75) is 84.6 Å². The number of carbonyl (C=O) groups excluding carboxylic acids is 1. The van der Waals surface area contributed by atoms with Crippen LogP contribution in [0.3, 0.4) is 0 Å². The number of unbranched alkanes of at least 4 members (excludes halogenated alkanes) is 6. The number of hydrogen-bond acceptors (Lipinski definition) is 2. The van der Waals surface area contributed by atoms with Crippen LogP contribution in [0, 0.1) is 0 Å². The minimum atomic E-state index is 0. The van der Waals surface area contributed by atoms with Gasteiger partial charge in [0.15, 0.2) is 0 Å². The molecule has 0 radical (unpaired) electrons. The number of hydrogen-bond donors (Lipinski definition) is 2. The SMILES string of the molecule is CCCCNC(=O)CCCCCCCCNC(C)C.[HH].[HH]. The van der Waals surface area contributed by atoms with Crippen LogP contribution in [0.2, 0.25) is 0 Å². The standard InChI is InChI=1S/C16H34N2O.2H2/c1-4-5-13-18-16(19)12-10-8-6-7-9-11-14-17-15(2)3;;/h15,17H,4-14H2,1-3H3,(H,18,19);2*1H. The molecule has 0 saturated heterocycles. The van der Waals surface area contributed by atoms with Crippen molar-refractivity contribution in [1.29, 1.82) is 0 Å². The molecule has 0 fully saturated rings. The molecule has 0 spiro atoms. The van der Waals surface area contributed by atoms with E-state index in [1.165, 1.54) is 32.1 Å². The van der Waals surface area contributed by atoms with E-state index in [-0.39, 0.29) is 8.76 Å². The number of amides is 1. The van der Waals surface area contributed by atoms with Crippen LogP contribution in [-0.4, -0.2) is 25.0 Å². The summed E-state index contributed by atoms with van der Waals surface area (Å²) in [6.07, 6.45) is 10.3. The average Bonchev–Trinajstić information content (AvgIpc) is 2.36. The van der Waals surface area contributed by atoms with Crippen molar-refractivity contribution in [1.82, 2.24) is 10.6 Å². The van der Waals surface area contributed by atoms with Crippen molar-refractivity contribution in [3.05, 3.63) is 0 Å². The van der Waals surface area contributed by atoms with Crippen molar-refractivity contribution in [2.75, 3.05) is 13.1 Å². The quantitative estimate of drug-likeness (QED) is 0.496. The van der Waals surface area contributed by atoms with E-state index >= 15 is 0 Å². The first kappa shape index (κ1) is 18.4. The van der Waals surface area contributed by atoms with Gasteiger partial charge in [-0.15, -0.1) is 0 Å². The highest BCUT2D eigenvalue weighted by molar-refractivity contribution is 5.75. The predicted octanol–water partition coefficient (Wildman–Crippen LogP) is 4.12. The highest BCUT2D eigenvalue weighted by Gasteiger charge is 1.99. The van der Waals surface area contributed by atoms with E-state index in [4.69, 9.17) is 0 Å². The Morgan fingerprint density at radius 2 is 1.58 bits per heavy atom. The van der Waals surface area contributed by atoms with Crippen molar-refractivity contribution < 1.29 is 7.65 Å². The molecule has 1 amide bonds. The second-order valence-electron chi connectivity index (χ2n) is 5.68. The second-order valence-corrected chi connectivity index (χ2v) is 5.68. The summed E-state index contributed by atoms with van der Waals surface area (Å²) in [6.45, 7) is 8.50. The fourth-order valence-electron chi connectivity index (χ4n) is 2.00. The Hall–Kier alpha value is -0.570. The number of rotatable bonds is 13. The van der Waals surface area contributed by atoms with Gasteiger partial charge in [0.1, 0.15) is 0 Å². The first-order valence-corrected chi connectivity index (χ1v) is 8.17. The third-order valence-electron chi connectivity index (χ3n) is 3.24. The predicted molar refractivity (Wildman–Crippen MR) is 87.6 cm³/mol. The smallest absolute Gasteiger partial charge is 0.219 e. The number of carbonyl (C=O) groups is 1. The Bertz CT molecular complexity index is 214. The van der Waals surface area contributed by atoms with Gasteiger partial charge < -0.3 is 10.6 Å². The fourth-order valence-corrected chi connectivity index (χ4v) is 2.00. The van der Waals surface area contributed by atoms with Gasteiger partial charge >= 0.3 is 0 Å². The van der Waals surface area contributed by atoms with E-state index in [1.807, 2.05) is 0 Å². The second kappa shape index (κ2) is 13.9. The van der Waals surface area contributed by atoms with Crippen LogP contribution in [0.15, 0.2) is 0 Å². The molecule has 118 valence electrons. The molecule has 19 heavy (non-hydrogen) atoms. The van der Waals surface area contributed by atoms with Crippen molar-refractivity contribution in [3.63, 3.8) is 0 Å². The summed E-state index contributed by atoms with van der Waals surface area (Å²) >= 11 is 0. The van der Waals surface area contributed by atoms with Gasteiger partial charge in [0.25, 0.3) is 0 Å². The summed E-state index contributed by atoms with van der Waals surface area (Å²) in [5.41, 5.74) is 0. The molecule has 0 aromatic heterocycles. The maximum atomic E-state index is 11.4. The van der Waals surface area contributed by atoms with E-state index in [9.17, 15) is 4.79 Å². The average molecular weight is 274 g/mol. The van der Waals surface area contributed by atoms with E-state index in [0.717, 1.165) is 32.4 Å². The lowest BCUT2D eigenvalue weighted by Gasteiger charge is -2.07. The van der Waals surface area contributed by atoms with E-state index in [2.05, 4.69) is 31.4 Å². The van der Waals surface area contributed by atoms with Gasteiger partial charge in [0.2, 0.25) is 5.91 Å². The zero-order chi connectivity index (χ0) is 14.3. The first-order chi connectivity index (χ1) is 9.16. The lowest BCUT2D eigenvalue weighted by molar-refractivity contribution is -0.121. The van der Waals surface area contributed by atoms with Crippen LogP contribution in [0.25, 0.3) is 0 Å². The highest BCUT2D eigenvalue weighted by atomic mass is 16.1. The molecule has 0 heterocycles. The molecule has 0 bridgehead atoms. The zero-order valence-corrected chi connectivity index (χ0v) is 13.3. The molecular formula is C16H38N2O. The van der Waals surface area contributed by atoms with Gasteiger partial charge in [0.05, 0.1) is 0 Å². The van der Waals surface area contributed by atoms with Gasteiger partial charge in [-0.05, 0) is 25.8 Å². The summed E-state index contributed by atoms with van der Waals surface area (Å²) in [6, 6.07) is 0.603. The molecular weight excluding hydrogens is 236 g/mol. The normalized spacial score (nSPS) is 10.9. The third-order valence-corrected chi connectivity index (χ3v) is 3.24. The Balaban J connectivity index is -0.00000162. The van der Waals surface area contributed by atoms with Gasteiger partial charge in [-0.3, -0.25) is 4.79 Å². The Morgan fingerprint density at radius 3 is 2.21 bits per heavy atom. The molecule has 0 aromatic carbocycles. The summed E-state index contributed by atoms with van der Waals surface area (Å²) in [7, 11) is 0. The van der Waals surface area contributed by atoms with Gasteiger partial charge in [-0.25, -0.2) is 0 Å². The van der Waals surface area contributed by atoms with Crippen LogP contribution >= 0.6 is 0 Å². The maximum Gasteiger partial charge on any atom is 0.219 e. The van der Waals surface area contributed by atoms with Gasteiger partial charge in [-0.1, -0.05) is 52.9 Å². The van der Waals surface area contributed by atoms with Crippen LogP contribution in [0.1, 0.15) is 81.4 Å². The van der Waals surface area contributed by atoms with E-state index in [0.29, 0.717) is 12.5 Å². The molecule has 3 nitrogen and oxygen atoms in total. The summed E-state index contributed by atoms with van der Waals surface area (Å²) < 4.78 is 0. The molecule has 0 aliphatic heterocycles. The van der Waals surface area contributed by atoms with Crippen molar-refractivity contribution in [3.8, 4) is 0 Å². The molecule has 3 heteroatoms. The van der Waals surface area contributed by atoms with Crippen molar-refractivity contribution >= 4 is 5.91 Å². The Kier molecular flexibility index (Phi) is 13.4. The fraction of sp³-hybridized carbons (Fsp3) is 0.938. The lowest BCUT2D eigenvalue weighted by atomic mass is 10.1. The monoisotopic (exact) mass is 274 g/mol. The summed E-state index contributed by atoms with van der Waals surface area (Å²) in [5.74, 6) is 0.231. The Labute approximate surface area is 122 Å². The third kappa shape index (κ3) is 15.4. The van der Waals surface area contributed by atoms with Gasteiger partial charge in [0, 0.05) is 21.9 Å². The molecule has 0 atom stereocenters. The molecule has 0 rings (SSSR count). The van der Waals surface area contributed by atoms with E-state index in [1.54, 1.807) is 0 Å². The van der Waals surface area contributed by atoms with Crippen molar-refractivity contribution in [2.24, 2.45) is 0 Å². The minimum Gasteiger partial charge on any atom is -0.356 e. The molecule has 0 aliphatic rings. The zero-order valence-electron chi connectivity index (χ0n) is 13.3. The van der Waals surface area contributed by atoms with E-state index < -0.39 is 0 Å². The molecule has 0 aliphatic carbocycles. The highest BCUT2D eigenvalue weighted by Crippen LogP contribution is 2.07. The topological polar surface area (TPSA) is 41.1 Å². The molecule has 0 aromatic rings. The summed E-state index contributed by atoms with van der Waals surface area (Å²) in [4.78, 5) is 11.4. The van der Waals surface area contributed by atoms with Crippen LogP contribution in [0.5, 0.6) is 0 Å². The number of nitrogens with one attached hydrogen (secondary N) is 2. The minimum absolute atomic E-state index is 0. The van der Waals surface area contributed by atoms with Crippen LogP contribution < -0.4 is 10.6 Å². The summed E-state index contributed by atoms with van der Waals surface area (Å²) in [5, 5.41) is 6.40.